The average Bonchev–Trinajstić information content (AvgIpc) is 3.57. The molecule has 14 atom stereocenters. The summed E-state index contributed by atoms with van der Waals surface area (Å²) in [5.41, 5.74) is -8.52. The summed E-state index contributed by atoms with van der Waals surface area (Å²) in [6, 6.07) is 1.50. The maximum Gasteiger partial charge on any atom is 0.335 e. The molecule has 2 aliphatic heterocycles. The first-order valence-electron chi connectivity index (χ1n) is 15.9. The first kappa shape index (κ1) is 36.8. The van der Waals surface area contributed by atoms with Gasteiger partial charge in [-0.2, -0.15) is 0 Å². The van der Waals surface area contributed by atoms with Crippen LogP contribution in [0.25, 0.3) is 0 Å². The molecule has 9 N–H and O–H groups in total. The van der Waals surface area contributed by atoms with Crippen LogP contribution in [0.3, 0.4) is 0 Å². The Morgan fingerprint density at radius 2 is 1.77 bits per heavy atom. The number of hydrogen-bond donors (Lipinski definition) is 9. The lowest BCUT2D eigenvalue weighted by Crippen LogP contribution is -2.73. The zero-order valence-corrected chi connectivity index (χ0v) is 27.1. The zero-order valence-electron chi connectivity index (χ0n) is 27.1. The minimum Gasteiger partial charge on any atom is -0.481 e. The Morgan fingerprint density at radius 3 is 2.27 bits per heavy atom. The monoisotopic (exact) mass is 686 g/mol. The van der Waals surface area contributed by atoms with Crippen LogP contribution >= 0.6 is 0 Å². The number of carbonyl (C=O) groups is 3. The van der Waals surface area contributed by atoms with E-state index in [-0.39, 0.29) is 12.8 Å². The van der Waals surface area contributed by atoms with E-state index in [1.165, 1.54) is 39.4 Å². The Kier molecular flexibility index (Phi) is 9.47. The van der Waals surface area contributed by atoms with Gasteiger partial charge in [0, 0.05) is 28.7 Å². The molecule has 4 aliphatic rings. The van der Waals surface area contributed by atoms with Crippen LogP contribution in [0.5, 0.6) is 0 Å². The van der Waals surface area contributed by atoms with Crippen LogP contribution in [-0.2, 0) is 28.6 Å². The Morgan fingerprint density at radius 1 is 1.10 bits per heavy atom. The van der Waals surface area contributed by atoms with Crippen LogP contribution in [-0.4, -0.2) is 131 Å². The highest BCUT2D eigenvalue weighted by Crippen LogP contribution is 2.77. The van der Waals surface area contributed by atoms with Crippen LogP contribution < -0.4 is 0 Å². The van der Waals surface area contributed by atoms with Gasteiger partial charge >= 0.3 is 11.9 Å². The summed E-state index contributed by atoms with van der Waals surface area (Å²) in [4.78, 5) is 39.3. The van der Waals surface area contributed by atoms with E-state index in [1.54, 1.807) is 6.92 Å². The van der Waals surface area contributed by atoms with Gasteiger partial charge in [0.15, 0.2) is 12.4 Å². The van der Waals surface area contributed by atoms with E-state index in [0.717, 1.165) is 0 Å². The van der Waals surface area contributed by atoms with E-state index >= 15 is 0 Å². The van der Waals surface area contributed by atoms with E-state index in [4.69, 9.17) is 18.6 Å². The van der Waals surface area contributed by atoms with Crippen molar-refractivity contribution >= 4 is 17.7 Å². The van der Waals surface area contributed by atoms with Gasteiger partial charge in [-0.15, -0.1) is 0 Å². The number of carboxylic acid groups (broad SMARTS) is 2. The molecule has 1 aromatic heterocycles. The molecule has 16 heteroatoms. The number of carboxylic acids is 2. The molecule has 0 radical (unpaired) electrons. The number of aliphatic hydroxyl groups is 7. The van der Waals surface area contributed by atoms with Crippen molar-refractivity contribution in [2.45, 2.75) is 114 Å². The fourth-order valence-corrected chi connectivity index (χ4v) is 9.73. The second-order valence-corrected chi connectivity index (χ2v) is 14.8. The summed E-state index contributed by atoms with van der Waals surface area (Å²) in [5, 5.41) is 95.6. The lowest BCUT2D eigenvalue weighted by molar-refractivity contribution is -0.329. The van der Waals surface area contributed by atoms with E-state index in [9.17, 15) is 60.3 Å². The van der Waals surface area contributed by atoms with Crippen LogP contribution in [0.1, 0.15) is 65.0 Å². The third-order valence-electron chi connectivity index (χ3n) is 12.0. The number of hydrogen-bond acceptors (Lipinski definition) is 14. The van der Waals surface area contributed by atoms with Gasteiger partial charge < -0.3 is 64.6 Å². The molecule has 5 rings (SSSR count). The number of ketones is 1. The van der Waals surface area contributed by atoms with Crippen LogP contribution in [0.4, 0.5) is 0 Å². The second-order valence-electron chi connectivity index (χ2n) is 14.8. The Bertz CT molecular complexity index is 1370. The molecule has 0 aromatic carbocycles. The summed E-state index contributed by atoms with van der Waals surface area (Å²) in [6.45, 7) is 4.28. The summed E-state index contributed by atoms with van der Waals surface area (Å²) in [6.07, 6.45) is -11.8. The second kappa shape index (κ2) is 12.4. The van der Waals surface area contributed by atoms with Crippen molar-refractivity contribution in [1.29, 1.82) is 0 Å². The topological polar surface area (TPSA) is 277 Å². The van der Waals surface area contributed by atoms with Gasteiger partial charge in [0.05, 0.1) is 55.4 Å². The van der Waals surface area contributed by atoms with Crippen LogP contribution in [0, 0.1) is 28.1 Å². The smallest absolute Gasteiger partial charge is 0.335 e. The summed E-state index contributed by atoms with van der Waals surface area (Å²) in [7, 11) is 0. The maximum atomic E-state index is 14.6. The van der Waals surface area contributed by atoms with Gasteiger partial charge in [-0.3, -0.25) is 9.59 Å². The van der Waals surface area contributed by atoms with E-state index < -0.39 is 132 Å². The number of carbonyl (C=O) groups excluding carboxylic acids is 1. The average molecular weight is 687 g/mol. The molecule has 14 unspecified atom stereocenters. The Hall–Kier alpha value is -2.51. The fourth-order valence-electron chi connectivity index (χ4n) is 9.73. The van der Waals surface area contributed by atoms with Gasteiger partial charge in [0.25, 0.3) is 0 Å². The van der Waals surface area contributed by atoms with Crippen molar-refractivity contribution in [2.24, 2.45) is 28.1 Å². The number of Topliss-reactive ketones (excluding diaryl/α,β-unsaturated/α-hetero) is 1. The highest BCUT2D eigenvalue weighted by molar-refractivity contribution is 5.92. The molecule has 48 heavy (non-hydrogen) atoms. The third-order valence-corrected chi connectivity index (χ3v) is 12.0. The standard InChI is InChI=1S/C32H46O16/c1-28(2,44)17-9-18(35)30(4)16(31(17,13-34)19(36)10-20(37)38)5-7-29(3,32(30)25(48-32)26(42)43)24(14-6-8-45-12-14)47-27-23(41)22(40)21(39)15(11-33)46-27/h6,8,12,15-17,19,21-25,27,33-34,36,39-41,44H,5,7,9-11,13H2,1-4H3,(H,37,38)(H,42,43). The van der Waals surface area contributed by atoms with E-state index in [0.29, 0.717) is 5.56 Å². The normalized spacial score (nSPS) is 44.2. The number of aliphatic carboxylic acids is 2. The lowest BCUT2D eigenvalue weighted by Gasteiger charge is -2.66. The number of aliphatic hydroxyl groups excluding tert-OH is 6. The number of fused-ring (bicyclic) bond motifs is 2. The zero-order chi connectivity index (χ0) is 35.8. The Labute approximate surface area is 275 Å². The minimum absolute atomic E-state index is 0.0214. The van der Waals surface area contributed by atoms with Gasteiger partial charge in [-0.1, -0.05) is 6.92 Å². The minimum atomic E-state index is -1.95. The molecular formula is C32H46O16. The molecule has 0 bridgehead atoms. The predicted molar refractivity (Wildman–Crippen MR) is 158 cm³/mol. The molecule has 2 aliphatic carbocycles. The first-order chi connectivity index (χ1) is 22.3. The molecule has 0 amide bonds. The quantitative estimate of drug-likeness (QED) is 0.126. The van der Waals surface area contributed by atoms with Crippen molar-refractivity contribution < 1.29 is 79.0 Å². The molecule has 2 saturated heterocycles. The van der Waals surface area contributed by atoms with E-state index in [1.807, 2.05) is 0 Å². The molecule has 1 aromatic rings. The van der Waals surface area contributed by atoms with Gasteiger partial charge in [0.2, 0.25) is 0 Å². The molecular weight excluding hydrogens is 640 g/mol. The first-order valence-corrected chi connectivity index (χ1v) is 15.9. The molecule has 1 spiro atoms. The number of furan rings is 1. The molecule has 4 fully saturated rings. The number of rotatable bonds is 11. The number of epoxide rings is 1. The maximum absolute atomic E-state index is 14.6. The molecule has 3 heterocycles. The van der Waals surface area contributed by atoms with Crippen molar-refractivity contribution in [3.63, 3.8) is 0 Å². The van der Waals surface area contributed by atoms with Gasteiger partial charge in [-0.05, 0) is 45.6 Å². The van der Waals surface area contributed by atoms with Crippen molar-refractivity contribution in [1.82, 2.24) is 0 Å². The van der Waals surface area contributed by atoms with Gasteiger partial charge in [-0.25, -0.2) is 4.79 Å². The van der Waals surface area contributed by atoms with Crippen LogP contribution in [0.15, 0.2) is 23.0 Å². The van der Waals surface area contributed by atoms with E-state index in [2.05, 4.69) is 0 Å². The lowest BCUT2D eigenvalue weighted by atomic mass is 9.37. The van der Waals surface area contributed by atoms with Crippen molar-refractivity contribution in [3.05, 3.63) is 24.2 Å². The summed E-state index contributed by atoms with van der Waals surface area (Å²) >= 11 is 0. The number of ether oxygens (including phenoxy) is 3. The highest BCUT2D eigenvalue weighted by Gasteiger charge is 2.87. The predicted octanol–water partition coefficient (Wildman–Crippen LogP) is -1.04. The SMILES string of the molecule is CC(C)(O)C1CC(=O)C2(C)C(CCC(C)(C(OC3OC(CO)C(O)C(O)C3O)c3ccoc3)C23OC3C(=O)O)C1(CO)C(O)CC(=O)O. The fraction of sp³-hybridized carbons (Fsp3) is 0.781. The summed E-state index contributed by atoms with van der Waals surface area (Å²) < 4.78 is 23.5. The van der Waals surface area contributed by atoms with Gasteiger partial charge in [0.1, 0.15) is 35.8 Å². The highest BCUT2D eigenvalue weighted by atomic mass is 16.7. The largest absolute Gasteiger partial charge is 0.481 e. The van der Waals surface area contributed by atoms with Crippen molar-refractivity contribution in [2.75, 3.05) is 13.2 Å². The summed E-state index contributed by atoms with van der Waals surface area (Å²) in [5.74, 6) is -5.62. The van der Waals surface area contributed by atoms with Crippen molar-refractivity contribution in [3.8, 4) is 0 Å². The third kappa shape index (κ3) is 5.07. The molecule has 270 valence electrons. The van der Waals surface area contributed by atoms with Crippen LogP contribution in [0.2, 0.25) is 0 Å². The molecule has 2 saturated carbocycles. The molecule has 16 nitrogen and oxygen atoms in total. The Balaban J connectivity index is 1.69.